The number of benzene rings is 3. The Morgan fingerprint density at radius 3 is 1.22 bits per heavy atom. The first-order valence-electron chi connectivity index (χ1n) is 7.70. The number of rotatable bonds is 5. The average Bonchev–Trinajstić information content (AvgIpc) is 2.65. The van der Waals surface area contributed by atoms with E-state index in [1.807, 2.05) is 66.5 Å². The van der Waals surface area contributed by atoms with E-state index in [0.29, 0.717) is 0 Å². The zero-order valence-corrected chi connectivity index (χ0v) is 13.2. The summed E-state index contributed by atoms with van der Waals surface area (Å²) in [6.07, 6.45) is 1.40. The highest BCUT2D eigenvalue weighted by Gasteiger charge is 2.39. The molecule has 0 saturated heterocycles. The van der Waals surface area contributed by atoms with Gasteiger partial charge in [0.2, 0.25) is 0 Å². The van der Waals surface area contributed by atoms with Crippen LogP contribution in [0.5, 0.6) is 0 Å². The summed E-state index contributed by atoms with van der Waals surface area (Å²) in [7, 11) is 1.96. The molecule has 114 valence electrons. The Labute approximate surface area is 137 Å². The summed E-state index contributed by atoms with van der Waals surface area (Å²) < 4.78 is 0. The van der Waals surface area contributed by atoms with Gasteiger partial charge in [-0.2, -0.15) is 0 Å². The third-order valence-corrected chi connectivity index (χ3v) is 4.30. The lowest BCUT2D eigenvalue weighted by atomic mass is 9.76. The predicted molar refractivity (Wildman–Crippen MR) is 95.8 cm³/mol. The molecular weight excluding hydrogens is 280 g/mol. The SMILES string of the molecule is CN(C=N)C(c1ccccc1)(c1ccccc1)c1ccccc1. The fraction of sp³-hybridized carbons (Fsp3) is 0.0952. The summed E-state index contributed by atoms with van der Waals surface area (Å²) in [6.45, 7) is 0. The molecule has 0 unspecified atom stereocenters. The summed E-state index contributed by atoms with van der Waals surface area (Å²) >= 11 is 0. The van der Waals surface area contributed by atoms with Crippen LogP contribution in [-0.4, -0.2) is 18.3 Å². The highest BCUT2D eigenvalue weighted by atomic mass is 15.2. The van der Waals surface area contributed by atoms with Gasteiger partial charge in [-0.25, -0.2) is 0 Å². The van der Waals surface area contributed by atoms with Crippen molar-refractivity contribution in [1.82, 2.24) is 4.90 Å². The third-order valence-electron chi connectivity index (χ3n) is 4.30. The van der Waals surface area contributed by atoms with E-state index in [9.17, 15) is 0 Å². The molecule has 1 N–H and O–H groups in total. The number of hydrogen-bond donors (Lipinski definition) is 1. The van der Waals surface area contributed by atoms with E-state index in [-0.39, 0.29) is 0 Å². The lowest BCUT2D eigenvalue weighted by molar-refractivity contribution is 0.324. The number of hydrogen-bond acceptors (Lipinski definition) is 1. The van der Waals surface area contributed by atoms with E-state index in [4.69, 9.17) is 5.41 Å². The van der Waals surface area contributed by atoms with E-state index in [1.54, 1.807) is 0 Å². The van der Waals surface area contributed by atoms with Crippen LogP contribution in [0.1, 0.15) is 16.7 Å². The Morgan fingerprint density at radius 2 is 0.957 bits per heavy atom. The molecule has 0 amide bonds. The van der Waals surface area contributed by atoms with Crippen LogP contribution in [0.4, 0.5) is 0 Å². The van der Waals surface area contributed by atoms with Crippen LogP contribution in [0.2, 0.25) is 0 Å². The first kappa shape index (κ1) is 15.0. The van der Waals surface area contributed by atoms with Crippen molar-refractivity contribution in [3.05, 3.63) is 108 Å². The van der Waals surface area contributed by atoms with Crippen LogP contribution in [0.25, 0.3) is 0 Å². The highest BCUT2D eigenvalue weighted by molar-refractivity contribution is 5.61. The minimum absolute atomic E-state index is 0.522. The molecule has 3 aromatic rings. The van der Waals surface area contributed by atoms with Gasteiger partial charge in [-0.15, -0.1) is 0 Å². The Balaban J connectivity index is 2.38. The van der Waals surface area contributed by atoms with Gasteiger partial charge in [0, 0.05) is 7.05 Å². The maximum atomic E-state index is 7.91. The van der Waals surface area contributed by atoms with E-state index < -0.39 is 5.54 Å². The molecule has 0 heterocycles. The molecule has 0 saturated carbocycles. The lowest BCUT2D eigenvalue weighted by Gasteiger charge is -2.42. The van der Waals surface area contributed by atoms with E-state index in [0.717, 1.165) is 16.7 Å². The predicted octanol–water partition coefficient (Wildman–Crippen LogP) is 4.52. The van der Waals surface area contributed by atoms with Crippen molar-refractivity contribution in [2.75, 3.05) is 7.05 Å². The Kier molecular flexibility index (Phi) is 4.24. The van der Waals surface area contributed by atoms with Crippen LogP contribution < -0.4 is 0 Å². The standard InChI is InChI=1S/C21H20N2/c1-23(17-22)21(18-11-5-2-6-12-18,19-13-7-3-8-14-19)20-15-9-4-10-16-20/h2-17,22H,1H3. The maximum Gasteiger partial charge on any atom is 0.117 e. The fourth-order valence-corrected chi connectivity index (χ4v) is 3.25. The number of nitrogens with zero attached hydrogens (tertiary/aromatic N) is 1. The molecule has 3 aromatic carbocycles. The molecule has 0 radical (unpaired) electrons. The maximum absolute atomic E-state index is 7.91. The average molecular weight is 300 g/mol. The minimum atomic E-state index is -0.522. The van der Waals surface area contributed by atoms with Crippen LogP contribution in [0.15, 0.2) is 91.0 Å². The quantitative estimate of drug-likeness (QED) is 0.419. The smallest absolute Gasteiger partial charge is 0.117 e. The van der Waals surface area contributed by atoms with E-state index in [1.165, 1.54) is 6.34 Å². The largest absolute Gasteiger partial charge is 0.348 e. The Bertz CT molecular complexity index is 655. The van der Waals surface area contributed by atoms with Gasteiger partial charge in [-0.1, -0.05) is 91.0 Å². The van der Waals surface area contributed by atoms with E-state index in [2.05, 4.69) is 36.4 Å². The molecule has 0 aliphatic heterocycles. The van der Waals surface area contributed by atoms with Crippen LogP contribution >= 0.6 is 0 Å². The summed E-state index contributed by atoms with van der Waals surface area (Å²) in [5, 5.41) is 7.91. The first-order chi connectivity index (χ1) is 11.3. The molecule has 23 heavy (non-hydrogen) atoms. The van der Waals surface area contributed by atoms with Crippen molar-refractivity contribution in [1.29, 1.82) is 5.41 Å². The van der Waals surface area contributed by atoms with Crippen molar-refractivity contribution in [2.24, 2.45) is 0 Å². The minimum Gasteiger partial charge on any atom is -0.348 e. The zero-order chi connectivity index (χ0) is 16.1. The second-order valence-electron chi connectivity index (χ2n) is 5.55. The molecule has 2 heteroatoms. The summed E-state index contributed by atoms with van der Waals surface area (Å²) in [5.74, 6) is 0. The van der Waals surface area contributed by atoms with Crippen molar-refractivity contribution in [3.63, 3.8) is 0 Å². The second kappa shape index (κ2) is 6.49. The second-order valence-corrected chi connectivity index (χ2v) is 5.55. The normalized spacial score (nSPS) is 11.0. The molecule has 0 bridgehead atoms. The molecular formula is C21H20N2. The van der Waals surface area contributed by atoms with Crippen molar-refractivity contribution in [3.8, 4) is 0 Å². The van der Waals surface area contributed by atoms with E-state index >= 15 is 0 Å². The van der Waals surface area contributed by atoms with Gasteiger partial charge >= 0.3 is 0 Å². The summed E-state index contributed by atoms with van der Waals surface area (Å²) in [6, 6.07) is 31.1. The molecule has 0 aromatic heterocycles. The zero-order valence-electron chi connectivity index (χ0n) is 13.2. The fourth-order valence-electron chi connectivity index (χ4n) is 3.25. The lowest BCUT2D eigenvalue weighted by Crippen LogP contribution is -2.45. The summed E-state index contributed by atoms with van der Waals surface area (Å²) in [4.78, 5) is 1.97. The van der Waals surface area contributed by atoms with Gasteiger partial charge in [0.15, 0.2) is 0 Å². The van der Waals surface area contributed by atoms with Gasteiger partial charge < -0.3 is 4.90 Å². The third kappa shape index (κ3) is 2.53. The van der Waals surface area contributed by atoms with Crippen molar-refractivity contribution >= 4 is 6.34 Å². The highest BCUT2D eigenvalue weighted by Crippen LogP contribution is 2.40. The van der Waals surface area contributed by atoms with Crippen LogP contribution in [0, 0.1) is 5.41 Å². The molecule has 0 spiro atoms. The van der Waals surface area contributed by atoms with Crippen LogP contribution in [-0.2, 0) is 5.54 Å². The van der Waals surface area contributed by atoms with Gasteiger partial charge in [0.1, 0.15) is 5.54 Å². The molecule has 0 aliphatic carbocycles. The summed E-state index contributed by atoms with van der Waals surface area (Å²) in [5.41, 5.74) is 2.90. The number of nitrogens with one attached hydrogen (secondary N) is 1. The molecule has 0 aliphatic rings. The first-order valence-corrected chi connectivity index (χ1v) is 7.70. The molecule has 0 fully saturated rings. The molecule has 3 rings (SSSR count). The van der Waals surface area contributed by atoms with Gasteiger partial charge in [-0.3, -0.25) is 5.41 Å². The molecule has 0 atom stereocenters. The van der Waals surface area contributed by atoms with Crippen LogP contribution in [0.3, 0.4) is 0 Å². The Morgan fingerprint density at radius 1 is 0.652 bits per heavy atom. The Hall–Kier alpha value is -2.87. The monoisotopic (exact) mass is 300 g/mol. The van der Waals surface area contributed by atoms with Gasteiger partial charge in [0.05, 0.1) is 6.34 Å². The van der Waals surface area contributed by atoms with Gasteiger partial charge in [0.25, 0.3) is 0 Å². The van der Waals surface area contributed by atoms with Crippen molar-refractivity contribution in [2.45, 2.75) is 5.54 Å². The topological polar surface area (TPSA) is 27.1 Å². The van der Waals surface area contributed by atoms with Gasteiger partial charge in [-0.05, 0) is 16.7 Å². The molecule has 2 nitrogen and oxygen atoms in total. The van der Waals surface area contributed by atoms with Crippen molar-refractivity contribution < 1.29 is 0 Å².